The van der Waals surface area contributed by atoms with Crippen molar-refractivity contribution in [1.82, 2.24) is 0 Å². The second-order valence-electron chi connectivity index (χ2n) is 7.16. The van der Waals surface area contributed by atoms with Gasteiger partial charge in [-0.15, -0.1) is 0 Å². The summed E-state index contributed by atoms with van der Waals surface area (Å²) in [6, 6.07) is 7.10. The van der Waals surface area contributed by atoms with Crippen LogP contribution < -0.4 is 5.73 Å². The Morgan fingerprint density at radius 1 is 0.900 bits per heavy atom. The van der Waals surface area contributed by atoms with Crippen molar-refractivity contribution >= 4 is 0 Å². The van der Waals surface area contributed by atoms with E-state index >= 15 is 0 Å². The summed E-state index contributed by atoms with van der Waals surface area (Å²) in [6.45, 7) is 2.27. The summed E-state index contributed by atoms with van der Waals surface area (Å²) >= 11 is 0. The van der Waals surface area contributed by atoms with Crippen molar-refractivity contribution in [3.8, 4) is 0 Å². The van der Waals surface area contributed by atoms with Crippen LogP contribution in [0.15, 0.2) is 18.2 Å². The molecule has 3 rings (SSSR count). The minimum absolute atomic E-state index is 0.142. The molecule has 1 fully saturated rings. The minimum atomic E-state index is -0.142. The van der Waals surface area contributed by atoms with Crippen LogP contribution >= 0.6 is 0 Å². The van der Waals surface area contributed by atoms with Gasteiger partial charge in [0.1, 0.15) is 0 Å². The molecule has 0 aliphatic heterocycles. The fourth-order valence-corrected chi connectivity index (χ4v) is 4.18. The van der Waals surface area contributed by atoms with Gasteiger partial charge in [-0.3, -0.25) is 0 Å². The van der Waals surface area contributed by atoms with Crippen molar-refractivity contribution in [1.29, 1.82) is 0 Å². The van der Waals surface area contributed by atoms with Crippen LogP contribution in [0.3, 0.4) is 0 Å². The topological polar surface area (TPSA) is 26.0 Å². The number of benzene rings is 1. The Morgan fingerprint density at radius 3 is 2.25 bits per heavy atom. The average molecular weight is 271 g/mol. The Labute approximate surface area is 124 Å². The van der Waals surface area contributed by atoms with E-state index in [4.69, 9.17) is 5.73 Å². The molecular weight excluding hydrogens is 242 g/mol. The van der Waals surface area contributed by atoms with Crippen LogP contribution in [-0.4, -0.2) is 0 Å². The van der Waals surface area contributed by atoms with Gasteiger partial charge in [-0.05, 0) is 68.1 Å². The second kappa shape index (κ2) is 5.89. The number of hydrogen-bond donors (Lipinski definition) is 1. The summed E-state index contributed by atoms with van der Waals surface area (Å²) in [5, 5.41) is 0. The molecule has 2 N–H and O–H groups in total. The van der Waals surface area contributed by atoms with Crippen LogP contribution in [0.5, 0.6) is 0 Å². The van der Waals surface area contributed by atoms with Gasteiger partial charge in [-0.1, -0.05) is 43.9 Å². The van der Waals surface area contributed by atoms with E-state index in [0.717, 1.165) is 0 Å². The number of aryl methyl sites for hydroxylation is 2. The zero-order chi connectivity index (χ0) is 14.0. The minimum Gasteiger partial charge on any atom is -0.321 e. The summed E-state index contributed by atoms with van der Waals surface area (Å²) < 4.78 is 0. The van der Waals surface area contributed by atoms with E-state index in [1.54, 1.807) is 11.1 Å². The third kappa shape index (κ3) is 2.79. The van der Waals surface area contributed by atoms with Crippen molar-refractivity contribution in [2.45, 2.75) is 76.7 Å². The van der Waals surface area contributed by atoms with Crippen LogP contribution in [0.4, 0.5) is 0 Å². The van der Waals surface area contributed by atoms with Crippen molar-refractivity contribution < 1.29 is 0 Å². The lowest BCUT2D eigenvalue weighted by Gasteiger charge is -2.35. The summed E-state index contributed by atoms with van der Waals surface area (Å²) in [5.41, 5.74) is 11.2. The molecule has 1 heteroatoms. The van der Waals surface area contributed by atoms with Crippen LogP contribution in [0.1, 0.15) is 75.0 Å². The number of nitrogens with two attached hydrogens (primary N) is 1. The molecule has 0 spiro atoms. The van der Waals surface area contributed by atoms with Crippen LogP contribution in [0.2, 0.25) is 0 Å². The molecular formula is C19H29N. The average Bonchev–Trinajstić information content (AvgIpc) is 2.76. The molecule has 0 aromatic heterocycles. The maximum absolute atomic E-state index is 6.82. The van der Waals surface area contributed by atoms with Gasteiger partial charge in [0, 0.05) is 5.54 Å². The molecule has 1 nitrogen and oxygen atoms in total. The normalized spacial score (nSPS) is 23.7. The van der Waals surface area contributed by atoms with Gasteiger partial charge in [0.15, 0.2) is 0 Å². The van der Waals surface area contributed by atoms with E-state index in [0.29, 0.717) is 5.92 Å². The smallest absolute Gasteiger partial charge is 0.0409 e. The molecule has 1 atom stereocenters. The first-order chi connectivity index (χ1) is 9.68. The van der Waals surface area contributed by atoms with Crippen molar-refractivity contribution in [3.63, 3.8) is 0 Å². The predicted octanol–water partition coefficient (Wildman–Crippen LogP) is 4.71. The van der Waals surface area contributed by atoms with Crippen LogP contribution in [0, 0.1) is 5.92 Å². The summed E-state index contributed by atoms with van der Waals surface area (Å²) in [5.74, 6) is 0.659. The van der Waals surface area contributed by atoms with Gasteiger partial charge >= 0.3 is 0 Å². The highest BCUT2D eigenvalue weighted by atomic mass is 14.7. The van der Waals surface area contributed by atoms with Crippen molar-refractivity contribution in [2.75, 3.05) is 0 Å². The first-order valence-corrected chi connectivity index (χ1v) is 8.59. The lowest BCUT2D eigenvalue weighted by Crippen LogP contribution is -2.41. The van der Waals surface area contributed by atoms with Gasteiger partial charge in [-0.2, -0.15) is 0 Å². The lowest BCUT2D eigenvalue weighted by molar-refractivity contribution is 0.268. The zero-order valence-corrected chi connectivity index (χ0v) is 13.0. The first-order valence-electron chi connectivity index (χ1n) is 8.59. The maximum Gasteiger partial charge on any atom is 0.0409 e. The van der Waals surface area contributed by atoms with E-state index < -0.39 is 0 Å². The third-order valence-corrected chi connectivity index (χ3v) is 5.67. The van der Waals surface area contributed by atoms with Gasteiger partial charge < -0.3 is 5.73 Å². The molecule has 110 valence electrons. The second-order valence-corrected chi connectivity index (χ2v) is 7.16. The SMILES string of the molecule is CC(N)(c1ccc2c(c1)CCCC2)C1CCCCCC1. The Balaban J connectivity index is 1.85. The Bertz CT molecular complexity index is 453. The number of hydrogen-bond acceptors (Lipinski definition) is 1. The molecule has 0 bridgehead atoms. The molecule has 1 saturated carbocycles. The quantitative estimate of drug-likeness (QED) is 0.775. The highest BCUT2D eigenvalue weighted by Gasteiger charge is 2.32. The molecule has 20 heavy (non-hydrogen) atoms. The van der Waals surface area contributed by atoms with Gasteiger partial charge in [0.2, 0.25) is 0 Å². The fourth-order valence-electron chi connectivity index (χ4n) is 4.18. The highest BCUT2D eigenvalue weighted by molar-refractivity contribution is 5.37. The van der Waals surface area contributed by atoms with E-state index in [2.05, 4.69) is 25.1 Å². The lowest BCUT2D eigenvalue weighted by atomic mass is 9.75. The zero-order valence-electron chi connectivity index (χ0n) is 13.0. The molecule has 0 heterocycles. The number of fused-ring (bicyclic) bond motifs is 1. The maximum atomic E-state index is 6.82. The van der Waals surface area contributed by atoms with Crippen LogP contribution in [0.25, 0.3) is 0 Å². The van der Waals surface area contributed by atoms with E-state index in [-0.39, 0.29) is 5.54 Å². The standard InChI is InChI=1S/C19H29N/c1-19(20,17-10-4-2-3-5-11-17)18-13-12-15-8-6-7-9-16(15)14-18/h12-14,17H,2-11,20H2,1H3. The van der Waals surface area contributed by atoms with Gasteiger partial charge in [-0.25, -0.2) is 0 Å². The monoisotopic (exact) mass is 271 g/mol. The third-order valence-electron chi connectivity index (χ3n) is 5.67. The number of rotatable bonds is 2. The summed E-state index contributed by atoms with van der Waals surface area (Å²) in [7, 11) is 0. The Morgan fingerprint density at radius 2 is 1.55 bits per heavy atom. The first kappa shape index (κ1) is 14.1. The fraction of sp³-hybridized carbons (Fsp3) is 0.684. The molecule has 2 aliphatic rings. The van der Waals surface area contributed by atoms with Gasteiger partial charge in [0.05, 0.1) is 0 Å². The predicted molar refractivity (Wildman–Crippen MR) is 85.8 cm³/mol. The molecule has 1 unspecified atom stereocenters. The molecule has 0 amide bonds. The molecule has 0 radical (unpaired) electrons. The van der Waals surface area contributed by atoms with Crippen LogP contribution in [-0.2, 0) is 18.4 Å². The van der Waals surface area contributed by atoms with Crippen molar-refractivity contribution in [2.24, 2.45) is 11.7 Å². The molecule has 0 saturated heterocycles. The molecule has 1 aromatic rings. The van der Waals surface area contributed by atoms with E-state index in [1.165, 1.54) is 69.8 Å². The Kier molecular flexibility index (Phi) is 4.16. The summed E-state index contributed by atoms with van der Waals surface area (Å²) in [4.78, 5) is 0. The Hall–Kier alpha value is -0.820. The van der Waals surface area contributed by atoms with E-state index in [9.17, 15) is 0 Å². The molecule has 1 aromatic carbocycles. The van der Waals surface area contributed by atoms with E-state index in [1.807, 2.05) is 0 Å². The van der Waals surface area contributed by atoms with Gasteiger partial charge in [0.25, 0.3) is 0 Å². The summed E-state index contributed by atoms with van der Waals surface area (Å²) in [6.07, 6.45) is 13.4. The molecule has 2 aliphatic carbocycles. The highest BCUT2D eigenvalue weighted by Crippen LogP contribution is 2.37. The van der Waals surface area contributed by atoms with Crippen molar-refractivity contribution in [3.05, 3.63) is 34.9 Å². The largest absolute Gasteiger partial charge is 0.321 e.